The fraction of sp³-hybridized carbons (Fsp3) is 0.273. The Labute approximate surface area is 121 Å². The monoisotopic (exact) mass is 379 g/mol. The zero-order valence-corrected chi connectivity index (χ0v) is 12.9. The van der Waals surface area contributed by atoms with Crippen molar-refractivity contribution in [2.24, 2.45) is 0 Å². The van der Waals surface area contributed by atoms with Crippen LogP contribution in [0.3, 0.4) is 0 Å². The number of carbonyl (C=O) groups excluding carboxylic acids is 2. The van der Waals surface area contributed by atoms with Crippen LogP contribution in [0.2, 0.25) is 0 Å². The maximum Gasteiger partial charge on any atom is 0.397 e. The maximum atomic E-state index is 11.5. The van der Waals surface area contributed by atoms with Gasteiger partial charge >= 0.3 is 11.9 Å². The van der Waals surface area contributed by atoms with E-state index in [1.165, 1.54) is 7.11 Å². The Morgan fingerprint density at radius 2 is 1.94 bits per heavy atom. The van der Waals surface area contributed by atoms with Gasteiger partial charge in [0.25, 0.3) is 0 Å². The second-order valence-electron chi connectivity index (χ2n) is 3.14. The zero-order chi connectivity index (χ0) is 13.7. The van der Waals surface area contributed by atoms with Gasteiger partial charge in [-0.3, -0.25) is 4.79 Å². The molecule has 0 atom stereocenters. The van der Waals surface area contributed by atoms with Crippen LogP contribution in [-0.2, 0) is 14.3 Å². The number of ether oxygens (including phenoxy) is 2. The van der Waals surface area contributed by atoms with Crippen molar-refractivity contribution in [1.29, 1.82) is 0 Å². The predicted molar refractivity (Wildman–Crippen MR) is 73.7 cm³/mol. The van der Waals surface area contributed by atoms with Crippen molar-refractivity contribution in [3.05, 3.63) is 21.1 Å². The van der Waals surface area contributed by atoms with Crippen LogP contribution in [0.5, 0.6) is 5.75 Å². The van der Waals surface area contributed by atoms with E-state index in [0.717, 1.165) is 4.47 Å². The van der Waals surface area contributed by atoms with Gasteiger partial charge in [-0.15, -0.1) is 0 Å². The standard InChI is InChI=1S/C11H11Br2NO4/c1-3-18-11(16)10(15)14-8-5-9(17-2)7(13)4-6(8)12/h4-5H,3H2,1-2H3,(H,14,15). The fourth-order valence-corrected chi connectivity index (χ4v) is 2.41. The van der Waals surface area contributed by atoms with Crippen LogP contribution < -0.4 is 10.1 Å². The number of carbonyl (C=O) groups is 2. The van der Waals surface area contributed by atoms with E-state index in [4.69, 9.17) is 4.74 Å². The van der Waals surface area contributed by atoms with Gasteiger partial charge in [-0.1, -0.05) is 0 Å². The molecule has 98 valence electrons. The summed E-state index contributed by atoms with van der Waals surface area (Å²) in [5, 5.41) is 2.44. The molecule has 0 fully saturated rings. The molecule has 1 rings (SSSR count). The molecule has 7 heteroatoms. The molecule has 0 unspecified atom stereocenters. The van der Waals surface area contributed by atoms with Gasteiger partial charge < -0.3 is 14.8 Å². The van der Waals surface area contributed by atoms with E-state index in [1.807, 2.05) is 0 Å². The first-order valence-electron chi connectivity index (χ1n) is 5.00. The summed E-state index contributed by atoms with van der Waals surface area (Å²) < 4.78 is 11.0. The molecule has 0 spiro atoms. The van der Waals surface area contributed by atoms with Gasteiger partial charge in [-0.2, -0.15) is 0 Å². The highest BCUT2D eigenvalue weighted by molar-refractivity contribution is 9.11. The molecule has 1 aromatic carbocycles. The molecule has 0 bridgehead atoms. The summed E-state index contributed by atoms with van der Waals surface area (Å²) in [7, 11) is 1.50. The number of nitrogens with one attached hydrogen (secondary N) is 1. The summed E-state index contributed by atoms with van der Waals surface area (Å²) in [4.78, 5) is 22.7. The molecule has 0 aliphatic carbocycles. The minimum Gasteiger partial charge on any atom is -0.495 e. The summed E-state index contributed by atoms with van der Waals surface area (Å²) in [6.45, 7) is 1.78. The number of amides is 1. The Hall–Kier alpha value is -1.08. The Morgan fingerprint density at radius 1 is 1.28 bits per heavy atom. The first-order chi connectivity index (χ1) is 8.49. The third-order valence-electron chi connectivity index (χ3n) is 1.95. The fourth-order valence-electron chi connectivity index (χ4n) is 1.15. The molecular weight excluding hydrogens is 370 g/mol. The molecule has 18 heavy (non-hydrogen) atoms. The van der Waals surface area contributed by atoms with E-state index in [9.17, 15) is 9.59 Å². The van der Waals surface area contributed by atoms with Gasteiger partial charge in [0.15, 0.2) is 0 Å². The SMILES string of the molecule is CCOC(=O)C(=O)Nc1cc(OC)c(Br)cc1Br. The van der Waals surface area contributed by atoms with Gasteiger partial charge in [-0.25, -0.2) is 4.79 Å². The number of anilines is 1. The lowest BCUT2D eigenvalue weighted by Gasteiger charge is -2.10. The molecule has 0 saturated carbocycles. The minimum atomic E-state index is -0.925. The highest BCUT2D eigenvalue weighted by Gasteiger charge is 2.17. The molecule has 0 aliphatic rings. The van der Waals surface area contributed by atoms with E-state index in [0.29, 0.717) is 15.9 Å². The van der Waals surface area contributed by atoms with E-state index in [-0.39, 0.29) is 6.61 Å². The highest BCUT2D eigenvalue weighted by atomic mass is 79.9. The Balaban J connectivity index is 2.91. The van der Waals surface area contributed by atoms with Gasteiger partial charge in [0.2, 0.25) is 0 Å². The molecular formula is C11H11Br2NO4. The lowest BCUT2D eigenvalue weighted by molar-refractivity contribution is -0.152. The number of methoxy groups -OCH3 is 1. The largest absolute Gasteiger partial charge is 0.495 e. The van der Waals surface area contributed by atoms with Crippen LogP contribution in [0.4, 0.5) is 5.69 Å². The number of benzene rings is 1. The lowest BCUT2D eigenvalue weighted by Crippen LogP contribution is -2.25. The molecule has 1 aromatic rings. The number of hydrogen-bond donors (Lipinski definition) is 1. The molecule has 1 amide bonds. The first-order valence-corrected chi connectivity index (χ1v) is 6.59. The summed E-state index contributed by atoms with van der Waals surface area (Å²) >= 11 is 6.58. The first kappa shape index (κ1) is 15.0. The molecule has 0 saturated heterocycles. The summed E-state index contributed by atoms with van der Waals surface area (Å²) in [6, 6.07) is 3.30. The van der Waals surface area contributed by atoms with Crippen molar-refractivity contribution < 1.29 is 19.1 Å². The Kier molecular flexibility index (Phi) is 5.61. The third kappa shape index (κ3) is 3.71. The Morgan fingerprint density at radius 3 is 2.50 bits per heavy atom. The van der Waals surface area contributed by atoms with E-state index in [2.05, 4.69) is 41.9 Å². The van der Waals surface area contributed by atoms with Gasteiger partial charge in [-0.05, 0) is 44.8 Å². The minimum absolute atomic E-state index is 0.150. The lowest BCUT2D eigenvalue weighted by atomic mass is 10.3. The number of rotatable bonds is 3. The number of esters is 1. The van der Waals surface area contributed by atoms with Crippen molar-refractivity contribution in [3.8, 4) is 5.75 Å². The average molecular weight is 381 g/mol. The summed E-state index contributed by atoms with van der Waals surface area (Å²) in [5.74, 6) is -1.22. The summed E-state index contributed by atoms with van der Waals surface area (Å²) in [5.41, 5.74) is 0.424. The number of hydrogen-bond acceptors (Lipinski definition) is 4. The molecule has 0 aromatic heterocycles. The van der Waals surface area contributed by atoms with Gasteiger partial charge in [0, 0.05) is 10.5 Å². The Bertz CT molecular complexity index is 476. The van der Waals surface area contributed by atoms with Gasteiger partial charge in [0.1, 0.15) is 5.75 Å². The van der Waals surface area contributed by atoms with Gasteiger partial charge in [0.05, 0.1) is 23.9 Å². The molecule has 0 heterocycles. The molecule has 5 nitrogen and oxygen atoms in total. The van der Waals surface area contributed by atoms with Crippen molar-refractivity contribution >= 4 is 49.4 Å². The maximum absolute atomic E-state index is 11.5. The molecule has 0 radical (unpaired) electrons. The quantitative estimate of drug-likeness (QED) is 0.646. The second kappa shape index (κ2) is 6.75. The molecule has 1 N–H and O–H groups in total. The number of halogens is 2. The summed E-state index contributed by atoms with van der Waals surface area (Å²) in [6.07, 6.45) is 0. The van der Waals surface area contributed by atoms with Crippen molar-refractivity contribution in [2.75, 3.05) is 19.0 Å². The van der Waals surface area contributed by atoms with Crippen LogP contribution in [0.1, 0.15) is 6.92 Å². The van der Waals surface area contributed by atoms with Crippen molar-refractivity contribution in [2.45, 2.75) is 6.92 Å². The average Bonchev–Trinajstić information content (AvgIpc) is 2.32. The van der Waals surface area contributed by atoms with Crippen LogP contribution in [0.25, 0.3) is 0 Å². The van der Waals surface area contributed by atoms with Crippen LogP contribution in [0.15, 0.2) is 21.1 Å². The smallest absolute Gasteiger partial charge is 0.397 e. The van der Waals surface area contributed by atoms with E-state index >= 15 is 0 Å². The van der Waals surface area contributed by atoms with Crippen LogP contribution >= 0.6 is 31.9 Å². The third-order valence-corrected chi connectivity index (χ3v) is 3.23. The zero-order valence-electron chi connectivity index (χ0n) is 9.75. The van der Waals surface area contributed by atoms with Crippen molar-refractivity contribution in [1.82, 2.24) is 0 Å². The van der Waals surface area contributed by atoms with Crippen LogP contribution in [0, 0.1) is 0 Å². The topological polar surface area (TPSA) is 64.6 Å². The second-order valence-corrected chi connectivity index (χ2v) is 4.85. The normalized spacial score (nSPS) is 9.78. The van der Waals surface area contributed by atoms with E-state index < -0.39 is 11.9 Å². The molecule has 0 aliphatic heterocycles. The highest BCUT2D eigenvalue weighted by Crippen LogP contribution is 2.34. The van der Waals surface area contributed by atoms with Crippen LogP contribution in [-0.4, -0.2) is 25.6 Å². The predicted octanol–water partition coefficient (Wildman–Crippen LogP) is 2.72. The van der Waals surface area contributed by atoms with Crippen molar-refractivity contribution in [3.63, 3.8) is 0 Å². The van der Waals surface area contributed by atoms with E-state index in [1.54, 1.807) is 19.1 Å².